The lowest BCUT2D eigenvalue weighted by atomic mass is 10.1. The molecular formula is C16H22F3NS. The molecule has 5 heteroatoms. The van der Waals surface area contributed by atoms with Crippen LogP contribution in [-0.2, 0) is 0 Å². The summed E-state index contributed by atoms with van der Waals surface area (Å²) in [5.74, 6) is 0. The summed E-state index contributed by atoms with van der Waals surface area (Å²) in [7, 11) is 0. The van der Waals surface area contributed by atoms with Gasteiger partial charge in [-0.15, -0.1) is 0 Å². The largest absolute Gasteiger partial charge is 0.446 e. The van der Waals surface area contributed by atoms with Crippen molar-refractivity contribution in [3.63, 3.8) is 0 Å². The van der Waals surface area contributed by atoms with Crippen LogP contribution in [0.25, 0.3) is 6.08 Å². The third-order valence-corrected chi connectivity index (χ3v) is 3.52. The van der Waals surface area contributed by atoms with Gasteiger partial charge in [0.25, 0.3) is 0 Å². The molecule has 1 nitrogen and oxygen atoms in total. The molecule has 21 heavy (non-hydrogen) atoms. The molecule has 0 aliphatic rings. The normalized spacial score (nSPS) is 13.6. The van der Waals surface area contributed by atoms with E-state index in [0.717, 1.165) is 18.5 Å². The Morgan fingerprint density at radius 3 is 2.14 bits per heavy atom. The summed E-state index contributed by atoms with van der Waals surface area (Å²) in [6.45, 7) is 9.15. The van der Waals surface area contributed by atoms with E-state index in [4.69, 9.17) is 0 Å². The second-order valence-electron chi connectivity index (χ2n) is 5.88. The Balaban J connectivity index is 2.73. The molecule has 0 saturated heterocycles. The average Bonchev–Trinajstić information content (AvgIpc) is 2.33. The van der Waals surface area contributed by atoms with Crippen molar-refractivity contribution >= 4 is 17.8 Å². The van der Waals surface area contributed by atoms with Gasteiger partial charge in [-0.05, 0) is 56.7 Å². The van der Waals surface area contributed by atoms with Gasteiger partial charge in [0.2, 0.25) is 0 Å². The molecule has 0 aliphatic carbocycles. The van der Waals surface area contributed by atoms with Gasteiger partial charge in [-0.25, -0.2) is 0 Å². The van der Waals surface area contributed by atoms with Crippen LogP contribution in [0.5, 0.6) is 0 Å². The second-order valence-corrected chi connectivity index (χ2v) is 7.01. The quantitative estimate of drug-likeness (QED) is 0.722. The van der Waals surface area contributed by atoms with Crippen molar-refractivity contribution in [2.45, 2.75) is 50.1 Å². The van der Waals surface area contributed by atoms with Crippen molar-refractivity contribution in [2.75, 3.05) is 6.54 Å². The molecule has 0 amide bonds. The van der Waals surface area contributed by atoms with Gasteiger partial charge in [-0.1, -0.05) is 30.7 Å². The van der Waals surface area contributed by atoms with Gasteiger partial charge in [0.1, 0.15) is 0 Å². The first-order chi connectivity index (χ1) is 9.59. The lowest BCUT2D eigenvalue weighted by molar-refractivity contribution is -0.0328. The maximum absolute atomic E-state index is 12.3. The zero-order chi connectivity index (χ0) is 16.1. The molecule has 1 aromatic carbocycles. The second kappa shape index (κ2) is 7.36. The fourth-order valence-electron chi connectivity index (χ4n) is 1.66. The predicted octanol–water partition coefficient (Wildman–Crippen LogP) is 5.48. The van der Waals surface area contributed by atoms with Crippen LogP contribution in [0.4, 0.5) is 13.2 Å². The molecule has 0 aromatic heterocycles. The van der Waals surface area contributed by atoms with Crippen LogP contribution in [-0.4, -0.2) is 17.6 Å². The van der Waals surface area contributed by atoms with E-state index in [1.807, 2.05) is 6.08 Å². The topological polar surface area (TPSA) is 12.0 Å². The Bertz CT molecular complexity index is 470. The number of benzene rings is 1. The number of thioether (sulfide) groups is 1. The molecule has 1 rings (SSSR count). The van der Waals surface area contributed by atoms with Crippen molar-refractivity contribution in [2.24, 2.45) is 0 Å². The zero-order valence-electron chi connectivity index (χ0n) is 12.8. The number of rotatable bonds is 5. The van der Waals surface area contributed by atoms with Crippen LogP contribution in [0.1, 0.15) is 39.7 Å². The van der Waals surface area contributed by atoms with Gasteiger partial charge in [-0.3, -0.25) is 0 Å². The first-order valence-corrected chi connectivity index (χ1v) is 7.71. The minimum atomic E-state index is -4.23. The van der Waals surface area contributed by atoms with Gasteiger partial charge < -0.3 is 5.32 Å². The molecule has 118 valence electrons. The van der Waals surface area contributed by atoms with Crippen LogP contribution in [0.15, 0.2) is 34.7 Å². The number of nitrogens with one attached hydrogen (secondary N) is 1. The lowest BCUT2D eigenvalue weighted by Crippen LogP contribution is -2.36. The van der Waals surface area contributed by atoms with E-state index in [1.54, 1.807) is 12.1 Å². The first-order valence-electron chi connectivity index (χ1n) is 6.89. The van der Waals surface area contributed by atoms with E-state index in [2.05, 4.69) is 33.0 Å². The lowest BCUT2D eigenvalue weighted by Gasteiger charge is -2.21. The summed E-state index contributed by atoms with van der Waals surface area (Å²) in [4.78, 5) is 0.213. The van der Waals surface area contributed by atoms with E-state index in [-0.39, 0.29) is 22.2 Å². The van der Waals surface area contributed by atoms with E-state index in [9.17, 15) is 13.2 Å². The molecule has 0 fully saturated rings. The fourth-order valence-corrected chi connectivity index (χ4v) is 2.20. The summed E-state index contributed by atoms with van der Waals surface area (Å²) in [5, 5.41) is 3.41. The number of alkyl halides is 3. The highest BCUT2D eigenvalue weighted by molar-refractivity contribution is 8.00. The summed E-state index contributed by atoms with van der Waals surface area (Å²) < 4.78 is 36.8. The van der Waals surface area contributed by atoms with E-state index in [0.29, 0.717) is 0 Å². The molecule has 0 aliphatic heterocycles. The molecule has 0 spiro atoms. The maximum Gasteiger partial charge on any atom is 0.446 e. The highest BCUT2D eigenvalue weighted by Gasteiger charge is 2.28. The molecule has 1 aromatic rings. The van der Waals surface area contributed by atoms with Crippen molar-refractivity contribution < 1.29 is 13.2 Å². The summed E-state index contributed by atoms with van der Waals surface area (Å²) >= 11 is -0.0853. The highest BCUT2D eigenvalue weighted by atomic mass is 32.2. The molecule has 1 N–H and O–H groups in total. The third kappa shape index (κ3) is 8.17. The van der Waals surface area contributed by atoms with Gasteiger partial charge in [0.05, 0.1) is 0 Å². The van der Waals surface area contributed by atoms with Gasteiger partial charge in [-0.2, -0.15) is 13.2 Å². The van der Waals surface area contributed by atoms with E-state index in [1.165, 1.54) is 17.7 Å². The molecule has 0 unspecified atom stereocenters. The van der Waals surface area contributed by atoms with Crippen molar-refractivity contribution in [1.29, 1.82) is 0 Å². The van der Waals surface area contributed by atoms with Crippen LogP contribution in [0, 0.1) is 0 Å². The summed E-state index contributed by atoms with van der Waals surface area (Å²) in [6.07, 6.45) is 2.93. The Hall–Kier alpha value is -0.940. The van der Waals surface area contributed by atoms with Gasteiger partial charge >= 0.3 is 5.51 Å². The number of hydrogen-bond donors (Lipinski definition) is 1. The molecule has 0 heterocycles. The summed E-state index contributed by atoms with van der Waals surface area (Å²) in [5.41, 5.74) is -2.04. The average molecular weight is 317 g/mol. The SMILES string of the molecule is CCC(=Cc1ccc(SC(F)(F)F)cc1)CNC(C)(C)C. The fraction of sp³-hybridized carbons (Fsp3) is 0.500. The predicted molar refractivity (Wildman–Crippen MR) is 84.4 cm³/mol. The van der Waals surface area contributed by atoms with Crippen LogP contribution < -0.4 is 5.32 Å². The maximum atomic E-state index is 12.3. The minimum absolute atomic E-state index is 0.0431. The Labute approximate surface area is 129 Å². The van der Waals surface area contributed by atoms with Crippen molar-refractivity contribution in [3.05, 3.63) is 35.4 Å². The molecule has 0 bridgehead atoms. The zero-order valence-corrected chi connectivity index (χ0v) is 13.7. The highest BCUT2D eigenvalue weighted by Crippen LogP contribution is 2.36. The first kappa shape index (κ1) is 18.1. The Morgan fingerprint density at radius 2 is 1.71 bits per heavy atom. The standard InChI is InChI=1S/C16H22F3NS/c1-5-12(11-20-15(2,3)4)10-13-6-8-14(9-7-13)21-16(17,18)19/h6-10,20H,5,11H2,1-4H3. The van der Waals surface area contributed by atoms with Crippen LogP contribution in [0.3, 0.4) is 0 Å². The minimum Gasteiger partial charge on any atom is -0.308 e. The Morgan fingerprint density at radius 1 is 1.14 bits per heavy atom. The molecule has 0 radical (unpaired) electrons. The molecule has 0 atom stereocenters. The monoisotopic (exact) mass is 317 g/mol. The van der Waals surface area contributed by atoms with Crippen LogP contribution >= 0.6 is 11.8 Å². The van der Waals surface area contributed by atoms with Crippen molar-refractivity contribution in [3.8, 4) is 0 Å². The van der Waals surface area contributed by atoms with Gasteiger partial charge in [0.15, 0.2) is 0 Å². The molecule has 0 saturated carbocycles. The summed E-state index contributed by atoms with van der Waals surface area (Å²) in [6, 6.07) is 6.46. The van der Waals surface area contributed by atoms with E-state index < -0.39 is 5.51 Å². The smallest absolute Gasteiger partial charge is 0.308 e. The number of halogens is 3. The number of hydrogen-bond acceptors (Lipinski definition) is 2. The molecular weight excluding hydrogens is 295 g/mol. The van der Waals surface area contributed by atoms with Crippen LogP contribution in [0.2, 0.25) is 0 Å². The van der Waals surface area contributed by atoms with Gasteiger partial charge in [0, 0.05) is 17.0 Å². The van der Waals surface area contributed by atoms with E-state index >= 15 is 0 Å². The van der Waals surface area contributed by atoms with Crippen molar-refractivity contribution in [1.82, 2.24) is 5.32 Å². The third-order valence-electron chi connectivity index (χ3n) is 2.78. The Kier molecular flexibility index (Phi) is 6.35.